The molecule has 0 saturated heterocycles. The van der Waals surface area contributed by atoms with Crippen LogP contribution in [0.25, 0.3) is 0 Å². The number of carbonyl (C=O) groups is 2. The number of rotatable bonds is 4. The molecule has 1 saturated carbocycles. The van der Waals surface area contributed by atoms with Gasteiger partial charge >= 0.3 is 6.09 Å². The first kappa shape index (κ1) is 17.5. The van der Waals surface area contributed by atoms with Gasteiger partial charge < -0.3 is 14.8 Å². The molecule has 1 amide bonds. The molecule has 0 unspecified atom stereocenters. The van der Waals surface area contributed by atoms with E-state index >= 15 is 0 Å². The minimum Gasteiger partial charge on any atom is -0.444 e. The van der Waals surface area contributed by atoms with E-state index in [0.29, 0.717) is 11.8 Å². The topological polar surface area (TPSA) is 89.5 Å². The lowest BCUT2D eigenvalue weighted by molar-refractivity contribution is -0.110. The van der Waals surface area contributed by atoms with E-state index in [2.05, 4.69) is 5.32 Å². The van der Waals surface area contributed by atoms with Gasteiger partial charge in [-0.05, 0) is 26.3 Å². The third-order valence-electron chi connectivity index (χ3n) is 3.71. The van der Waals surface area contributed by atoms with Crippen LogP contribution in [0.4, 0.5) is 4.79 Å². The predicted octanol–water partition coefficient (Wildman–Crippen LogP) is 1.66. The van der Waals surface area contributed by atoms with E-state index in [9.17, 15) is 18.0 Å². The quantitative estimate of drug-likeness (QED) is 0.843. The van der Waals surface area contributed by atoms with Gasteiger partial charge in [0.2, 0.25) is 0 Å². The molecule has 2 rings (SSSR count). The number of carbonyl (C=O) groups excluding carboxylic acids is 2. The van der Waals surface area contributed by atoms with Gasteiger partial charge in [-0.3, -0.25) is 0 Å². The van der Waals surface area contributed by atoms with Gasteiger partial charge in [0.25, 0.3) is 0 Å². The first-order valence-corrected chi connectivity index (χ1v) is 9.18. The van der Waals surface area contributed by atoms with Crippen molar-refractivity contribution in [2.75, 3.05) is 6.26 Å². The predicted molar refractivity (Wildman–Crippen MR) is 86.0 cm³/mol. The molecule has 1 aromatic carbocycles. The molecule has 6 nitrogen and oxygen atoms in total. The molecule has 1 aromatic rings. The van der Waals surface area contributed by atoms with Crippen LogP contribution in [-0.2, 0) is 19.4 Å². The first-order valence-electron chi connectivity index (χ1n) is 7.22. The van der Waals surface area contributed by atoms with Crippen molar-refractivity contribution in [3.8, 4) is 0 Å². The van der Waals surface area contributed by atoms with E-state index in [1.54, 1.807) is 51.1 Å². The second-order valence-corrected chi connectivity index (χ2v) is 8.98. The summed E-state index contributed by atoms with van der Waals surface area (Å²) in [5, 5.41) is 1.47. The van der Waals surface area contributed by atoms with Crippen molar-refractivity contribution in [3.05, 3.63) is 35.9 Å². The number of ether oxygens (including phenoxy) is 1. The average Bonchev–Trinajstić information content (AvgIpc) is 3.06. The maximum Gasteiger partial charge on any atom is 0.408 e. The van der Waals surface area contributed by atoms with E-state index < -0.39 is 38.2 Å². The van der Waals surface area contributed by atoms with E-state index in [1.165, 1.54) is 0 Å². The summed E-state index contributed by atoms with van der Waals surface area (Å²) in [5.74, 6) is -0.622. The smallest absolute Gasteiger partial charge is 0.408 e. The van der Waals surface area contributed by atoms with Gasteiger partial charge in [0, 0.05) is 12.2 Å². The second kappa shape index (κ2) is 5.63. The zero-order valence-corrected chi connectivity index (χ0v) is 14.4. The Hall–Kier alpha value is -1.89. The Morgan fingerprint density at radius 1 is 1.26 bits per heavy atom. The van der Waals surface area contributed by atoms with Crippen molar-refractivity contribution in [2.24, 2.45) is 0 Å². The van der Waals surface area contributed by atoms with Gasteiger partial charge in [0.15, 0.2) is 9.84 Å². The molecule has 23 heavy (non-hydrogen) atoms. The number of alkyl carbamates (subject to hydrolysis) is 1. The molecule has 0 aliphatic heterocycles. The monoisotopic (exact) mass is 339 g/mol. The molecule has 1 aliphatic carbocycles. The summed E-state index contributed by atoms with van der Waals surface area (Å²) in [6.45, 7) is 5.07. The maximum atomic E-state index is 12.1. The van der Waals surface area contributed by atoms with Crippen molar-refractivity contribution in [3.63, 3.8) is 0 Å². The van der Waals surface area contributed by atoms with Crippen LogP contribution < -0.4 is 5.32 Å². The molecule has 1 aliphatic rings. The van der Waals surface area contributed by atoms with Crippen LogP contribution in [0.5, 0.6) is 0 Å². The molecule has 0 bridgehead atoms. The maximum absolute atomic E-state index is 12.1. The van der Waals surface area contributed by atoms with Gasteiger partial charge in [0.1, 0.15) is 22.7 Å². The lowest BCUT2D eigenvalue weighted by Crippen LogP contribution is -2.45. The Balaban J connectivity index is 2.35. The fraction of sp³-hybridized carbons (Fsp3) is 0.500. The van der Waals surface area contributed by atoms with Crippen LogP contribution in [-0.4, -0.2) is 43.4 Å². The molecule has 126 valence electrons. The zero-order chi connectivity index (χ0) is 17.5. The molecule has 0 heterocycles. The highest BCUT2D eigenvalue weighted by atomic mass is 32.2. The molecule has 1 N–H and O–H groups in total. The highest BCUT2D eigenvalue weighted by molar-refractivity contribution is 7.91. The Morgan fingerprint density at radius 2 is 1.83 bits per heavy atom. The van der Waals surface area contributed by atoms with Gasteiger partial charge in [-0.1, -0.05) is 30.3 Å². The van der Waals surface area contributed by atoms with E-state index in [-0.39, 0.29) is 0 Å². The van der Waals surface area contributed by atoms with Crippen molar-refractivity contribution in [1.82, 2.24) is 5.32 Å². The fourth-order valence-corrected chi connectivity index (χ4v) is 4.65. The van der Waals surface area contributed by atoms with E-state index in [0.717, 1.165) is 6.26 Å². The SMILES string of the molecule is CC(C)(C)OC(=O)N[C@@]1(C=O)[C@H](c2ccccc2)[C@@H]1S(C)(=O)=O. The van der Waals surface area contributed by atoms with Crippen molar-refractivity contribution >= 4 is 22.2 Å². The summed E-state index contributed by atoms with van der Waals surface area (Å²) >= 11 is 0. The van der Waals surface area contributed by atoms with Gasteiger partial charge in [-0.2, -0.15) is 0 Å². The van der Waals surface area contributed by atoms with Crippen LogP contribution in [0.2, 0.25) is 0 Å². The van der Waals surface area contributed by atoms with Crippen LogP contribution in [0.1, 0.15) is 32.3 Å². The standard InChI is InChI=1S/C16H21NO5S/c1-15(2,3)22-14(19)17-16(10-18)12(13(16)23(4,20)21)11-8-6-5-7-9-11/h5-10,12-13H,1-4H3,(H,17,19)/t12-,13+,16+/m1/s1. The normalized spacial score (nSPS) is 27.1. The second-order valence-electron chi connectivity index (χ2n) is 6.82. The van der Waals surface area contributed by atoms with Crippen LogP contribution in [0.3, 0.4) is 0 Å². The molecular weight excluding hydrogens is 318 g/mol. The number of amides is 1. The van der Waals surface area contributed by atoms with E-state index in [1.807, 2.05) is 0 Å². The molecule has 1 fully saturated rings. The number of nitrogens with one attached hydrogen (secondary N) is 1. The van der Waals surface area contributed by atoms with E-state index in [4.69, 9.17) is 4.74 Å². The Morgan fingerprint density at radius 3 is 2.26 bits per heavy atom. The lowest BCUT2D eigenvalue weighted by Gasteiger charge is -2.22. The highest BCUT2D eigenvalue weighted by Crippen LogP contribution is 2.54. The molecule has 0 radical (unpaired) electrons. The number of benzene rings is 1. The van der Waals surface area contributed by atoms with Crippen molar-refractivity contribution < 1.29 is 22.7 Å². The Kier molecular flexibility index (Phi) is 4.28. The minimum atomic E-state index is -3.54. The number of aldehydes is 1. The largest absolute Gasteiger partial charge is 0.444 e. The van der Waals surface area contributed by atoms with Crippen molar-refractivity contribution in [1.29, 1.82) is 0 Å². The van der Waals surface area contributed by atoms with Gasteiger partial charge in [-0.15, -0.1) is 0 Å². The molecule has 0 aromatic heterocycles. The first-order chi connectivity index (χ1) is 10.5. The molecule has 0 spiro atoms. The van der Waals surface area contributed by atoms with Crippen LogP contribution in [0, 0.1) is 0 Å². The average molecular weight is 339 g/mol. The lowest BCUT2D eigenvalue weighted by atomic mass is 10.1. The number of hydrogen-bond donors (Lipinski definition) is 1. The number of hydrogen-bond acceptors (Lipinski definition) is 5. The van der Waals surface area contributed by atoms with Crippen LogP contribution >= 0.6 is 0 Å². The zero-order valence-electron chi connectivity index (χ0n) is 13.6. The van der Waals surface area contributed by atoms with Crippen molar-refractivity contribution in [2.45, 2.75) is 43.1 Å². The summed E-state index contributed by atoms with van der Waals surface area (Å²) in [5.41, 5.74) is -1.55. The summed E-state index contributed by atoms with van der Waals surface area (Å²) in [7, 11) is -3.54. The third-order valence-corrected chi connectivity index (χ3v) is 5.30. The summed E-state index contributed by atoms with van der Waals surface area (Å²) < 4.78 is 29.3. The molecule has 7 heteroatoms. The molecule has 3 atom stereocenters. The Bertz CT molecular complexity index is 708. The van der Waals surface area contributed by atoms with Gasteiger partial charge in [0.05, 0.1) is 0 Å². The molecular formula is C16H21NO5S. The summed E-state index contributed by atoms with van der Waals surface area (Å²) in [4.78, 5) is 23.7. The minimum absolute atomic E-state index is 0.500. The summed E-state index contributed by atoms with van der Waals surface area (Å²) in [6, 6.07) is 8.80. The highest BCUT2D eigenvalue weighted by Gasteiger charge is 2.71. The Labute approximate surface area is 136 Å². The third kappa shape index (κ3) is 3.55. The fourth-order valence-electron chi connectivity index (χ4n) is 2.89. The summed E-state index contributed by atoms with van der Waals surface area (Å²) in [6.07, 6.45) is 0.757. The number of sulfone groups is 1. The van der Waals surface area contributed by atoms with Crippen LogP contribution in [0.15, 0.2) is 30.3 Å². The van der Waals surface area contributed by atoms with Gasteiger partial charge in [-0.25, -0.2) is 13.2 Å².